The Morgan fingerprint density at radius 2 is 2.50 bits per heavy atom. The molecule has 0 aliphatic carbocycles. The third-order valence-corrected chi connectivity index (χ3v) is 4.26. The number of hydrogen-bond donors (Lipinski definition) is 1. The van der Waals surface area contributed by atoms with Crippen LogP contribution in [0.25, 0.3) is 0 Å². The van der Waals surface area contributed by atoms with E-state index in [0.717, 1.165) is 19.8 Å². The fraction of sp³-hybridized carbons (Fsp3) is 0.600. The van der Waals surface area contributed by atoms with Gasteiger partial charge in [0.25, 0.3) is 0 Å². The minimum Gasteiger partial charge on any atom is -0.380 e. The van der Waals surface area contributed by atoms with Gasteiger partial charge in [-0.15, -0.1) is 0 Å². The molecule has 1 N–H and O–H groups in total. The molecule has 4 heteroatoms. The molecule has 1 aromatic heterocycles. The predicted molar refractivity (Wildman–Crippen MR) is 62.7 cm³/mol. The first kappa shape index (κ1) is 10.6. The summed E-state index contributed by atoms with van der Waals surface area (Å²) in [5, 5.41) is 7.82. The first-order chi connectivity index (χ1) is 6.86. The van der Waals surface area contributed by atoms with Crippen LogP contribution in [0.1, 0.15) is 18.4 Å². The van der Waals surface area contributed by atoms with Crippen molar-refractivity contribution in [3.63, 3.8) is 0 Å². The SMILES string of the molecule is Brc1cscc1CN[C@@H]1CCCOC1. The van der Waals surface area contributed by atoms with Crippen LogP contribution >= 0.6 is 27.3 Å². The van der Waals surface area contributed by atoms with Gasteiger partial charge in [0.1, 0.15) is 0 Å². The molecule has 14 heavy (non-hydrogen) atoms. The van der Waals surface area contributed by atoms with Crippen molar-refractivity contribution >= 4 is 27.3 Å². The zero-order valence-corrected chi connectivity index (χ0v) is 10.4. The molecule has 0 saturated carbocycles. The molecule has 2 nitrogen and oxygen atoms in total. The van der Waals surface area contributed by atoms with Gasteiger partial charge in [-0.05, 0) is 39.7 Å². The smallest absolute Gasteiger partial charge is 0.0619 e. The molecule has 0 spiro atoms. The van der Waals surface area contributed by atoms with Gasteiger partial charge in [-0.2, -0.15) is 11.3 Å². The van der Waals surface area contributed by atoms with Crippen molar-refractivity contribution in [2.24, 2.45) is 0 Å². The van der Waals surface area contributed by atoms with Crippen molar-refractivity contribution in [3.8, 4) is 0 Å². The highest BCUT2D eigenvalue weighted by molar-refractivity contribution is 9.10. The van der Waals surface area contributed by atoms with Gasteiger partial charge < -0.3 is 10.1 Å². The Hall–Kier alpha value is 0.1000. The van der Waals surface area contributed by atoms with E-state index in [-0.39, 0.29) is 0 Å². The molecule has 0 aromatic carbocycles. The van der Waals surface area contributed by atoms with Crippen molar-refractivity contribution < 1.29 is 4.74 Å². The van der Waals surface area contributed by atoms with Crippen LogP contribution in [0.5, 0.6) is 0 Å². The molecule has 1 fully saturated rings. The summed E-state index contributed by atoms with van der Waals surface area (Å²) >= 11 is 5.27. The van der Waals surface area contributed by atoms with E-state index in [1.807, 2.05) is 0 Å². The maximum Gasteiger partial charge on any atom is 0.0619 e. The molecule has 1 aliphatic heterocycles. The summed E-state index contributed by atoms with van der Waals surface area (Å²) in [6.07, 6.45) is 2.42. The fourth-order valence-corrected chi connectivity index (χ4v) is 3.03. The Kier molecular flexibility index (Phi) is 3.99. The Balaban J connectivity index is 1.79. The molecule has 1 saturated heterocycles. The maximum absolute atomic E-state index is 5.41. The van der Waals surface area contributed by atoms with Crippen LogP contribution in [0.4, 0.5) is 0 Å². The molecule has 1 aromatic rings. The second kappa shape index (κ2) is 5.26. The molecule has 1 aliphatic rings. The van der Waals surface area contributed by atoms with E-state index in [0.29, 0.717) is 6.04 Å². The van der Waals surface area contributed by atoms with Crippen molar-refractivity contribution in [2.75, 3.05) is 13.2 Å². The van der Waals surface area contributed by atoms with Gasteiger partial charge in [0, 0.05) is 29.0 Å². The molecule has 78 valence electrons. The zero-order valence-electron chi connectivity index (χ0n) is 7.96. The van der Waals surface area contributed by atoms with E-state index in [9.17, 15) is 0 Å². The highest BCUT2D eigenvalue weighted by atomic mass is 79.9. The average molecular weight is 276 g/mol. The molecule has 0 amide bonds. The van der Waals surface area contributed by atoms with E-state index in [1.54, 1.807) is 11.3 Å². The van der Waals surface area contributed by atoms with Crippen LogP contribution in [0.15, 0.2) is 15.2 Å². The molecular formula is C10H14BrNOS. The number of nitrogens with one attached hydrogen (secondary N) is 1. The normalized spacial score (nSPS) is 22.5. The van der Waals surface area contributed by atoms with Crippen molar-refractivity contribution in [3.05, 3.63) is 20.8 Å². The summed E-state index contributed by atoms with van der Waals surface area (Å²) in [6, 6.07) is 0.538. The first-order valence-electron chi connectivity index (χ1n) is 4.88. The first-order valence-corrected chi connectivity index (χ1v) is 6.61. The molecule has 0 unspecified atom stereocenters. The summed E-state index contributed by atoms with van der Waals surface area (Å²) in [6.45, 7) is 2.74. The molecular weight excluding hydrogens is 262 g/mol. The van der Waals surface area contributed by atoms with Gasteiger partial charge in [0.15, 0.2) is 0 Å². The standard InChI is InChI=1S/C10H14BrNOS/c11-10-7-14-6-8(10)4-12-9-2-1-3-13-5-9/h6-7,9,12H,1-5H2/t9-/m1/s1. The van der Waals surface area contributed by atoms with Crippen LogP contribution in [0.2, 0.25) is 0 Å². The van der Waals surface area contributed by atoms with Gasteiger partial charge >= 0.3 is 0 Å². The van der Waals surface area contributed by atoms with Gasteiger partial charge in [-0.1, -0.05) is 0 Å². The largest absolute Gasteiger partial charge is 0.380 e. The zero-order chi connectivity index (χ0) is 9.80. The summed E-state index contributed by atoms with van der Waals surface area (Å²) in [5.74, 6) is 0. The highest BCUT2D eigenvalue weighted by Crippen LogP contribution is 2.21. The lowest BCUT2D eigenvalue weighted by atomic mass is 10.1. The number of thiophene rings is 1. The Morgan fingerprint density at radius 3 is 3.14 bits per heavy atom. The maximum atomic E-state index is 5.41. The molecule has 0 radical (unpaired) electrons. The molecule has 2 rings (SSSR count). The van der Waals surface area contributed by atoms with E-state index >= 15 is 0 Å². The number of ether oxygens (including phenoxy) is 1. The minimum absolute atomic E-state index is 0.538. The van der Waals surface area contributed by atoms with Crippen LogP contribution in [0, 0.1) is 0 Å². The lowest BCUT2D eigenvalue weighted by Crippen LogP contribution is -2.36. The third kappa shape index (κ3) is 2.79. The van der Waals surface area contributed by atoms with E-state index in [4.69, 9.17) is 4.74 Å². The number of hydrogen-bond acceptors (Lipinski definition) is 3. The van der Waals surface area contributed by atoms with Gasteiger partial charge in [-0.3, -0.25) is 0 Å². The van der Waals surface area contributed by atoms with Crippen LogP contribution < -0.4 is 5.32 Å². The summed E-state index contributed by atoms with van der Waals surface area (Å²) < 4.78 is 6.63. The quantitative estimate of drug-likeness (QED) is 0.916. The van der Waals surface area contributed by atoms with E-state index < -0.39 is 0 Å². The number of rotatable bonds is 3. The lowest BCUT2D eigenvalue weighted by Gasteiger charge is -2.23. The average Bonchev–Trinajstić information content (AvgIpc) is 2.63. The molecule has 2 heterocycles. The van der Waals surface area contributed by atoms with Gasteiger partial charge in [0.05, 0.1) is 6.61 Å². The topological polar surface area (TPSA) is 21.3 Å². The van der Waals surface area contributed by atoms with Crippen molar-refractivity contribution in [2.45, 2.75) is 25.4 Å². The molecule has 0 bridgehead atoms. The van der Waals surface area contributed by atoms with E-state index in [2.05, 4.69) is 32.0 Å². The van der Waals surface area contributed by atoms with Crippen LogP contribution in [-0.4, -0.2) is 19.3 Å². The van der Waals surface area contributed by atoms with Crippen LogP contribution in [0.3, 0.4) is 0 Å². The lowest BCUT2D eigenvalue weighted by molar-refractivity contribution is 0.0699. The summed E-state index contributed by atoms with van der Waals surface area (Å²) in [7, 11) is 0. The number of halogens is 1. The van der Waals surface area contributed by atoms with Crippen molar-refractivity contribution in [1.29, 1.82) is 0 Å². The van der Waals surface area contributed by atoms with Gasteiger partial charge in [0.2, 0.25) is 0 Å². The third-order valence-electron chi connectivity index (χ3n) is 2.43. The van der Waals surface area contributed by atoms with Crippen LogP contribution in [-0.2, 0) is 11.3 Å². The fourth-order valence-electron chi connectivity index (χ4n) is 1.59. The predicted octanol–water partition coefficient (Wildman–Crippen LogP) is 2.78. The Labute approximate surface area is 96.8 Å². The summed E-state index contributed by atoms with van der Waals surface area (Å²) in [4.78, 5) is 0. The Morgan fingerprint density at radius 1 is 1.57 bits per heavy atom. The second-order valence-corrected chi connectivity index (χ2v) is 5.14. The van der Waals surface area contributed by atoms with E-state index in [1.165, 1.54) is 22.9 Å². The highest BCUT2D eigenvalue weighted by Gasteiger charge is 2.13. The monoisotopic (exact) mass is 275 g/mol. The Bertz CT molecular complexity index is 283. The van der Waals surface area contributed by atoms with Crippen molar-refractivity contribution in [1.82, 2.24) is 5.32 Å². The second-order valence-electron chi connectivity index (χ2n) is 3.54. The van der Waals surface area contributed by atoms with Gasteiger partial charge in [-0.25, -0.2) is 0 Å². The minimum atomic E-state index is 0.538. The summed E-state index contributed by atoms with van der Waals surface area (Å²) in [5.41, 5.74) is 1.35. The molecule has 1 atom stereocenters.